The molecule has 0 bridgehead atoms. The number of aryl methyl sites for hydroxylation is 3. The highest BCUT2D eigenvalue weighted by Crippen LogP contribution is 2.34. The average Bonchev–Trinajstić information content (AvgIpc) is 3.11. The minimum absolute atomic E-state index is 0.0848. The fourth-order valence-electron chi connectivity index (χ4n) is 3.96. The molecule has 0 spiro atoms. The standard InChI is InChI=1S/C23H20N2O4/c26-22(11-12-25-14-24-19-7-3-1-6-17(19)23(25)27)28-15-9-10-21-18(13-15)16-5-2-4-8-20(16)29-21/h1,3,6-7,9-10,13-14H,2,4-5,8,11-12H2. The molecule has 5 rings (SSSR count). The molecule has 0 atom stereocenters. The van der Waals surface area contributed by atoms with Crippen LogP contribution in [0.15, 0.2) is 58.0 Å². The van der Waals surface area contributed by atoms with Crippen molar-refractivity contribution >= 4 is 27.8 Å². The topological polar surface area (TPSA) is 74.3 Å². The van der Waals surface area contributed by atoms with Gasteiger partial charge in [-0.25, -0.2) is 4.98 Å². The van der Waals surface area contributed by atoms with Crippen molar-refractivity contribution in [3.05, 3.63) is 70.5 Å². The average molecular weight is 388 g/mol. The van der Waals surface area contributed by atoms with Crippen LogP contribution in [0.5, 0.6) is 5.75 Å². The molecular weight excluding hydrogens is 368 g/mol. The number of benzene rings is 2. The number of hydrogen-bond donors (Lipinski definition) is 0. The van der Waals surface area contributed by atoms with Gasteiger partial charge in [-0.05, 0) is 49.6 Å². The summed E-state index contributed by atoms with van der Waals surface area (Å²) in [5.74, 6) is 1.17. The van der Waals surface area contributed by atoms with Crippen molar-refractivity contribution in [1.29, 1.82) is 0 Å². The van der Waals surface area contributed by atoms with Gasteiger partial charge in [0.15, 0.2) is 0 Å². The number of fused-ring (bicyclic) bond motifs is 4. The van der Waals surface area contributed by atoms with Gasteiger partial charge < -0.3 is 9.15 Å². The number of carbonyl (C=O) groups is 1. The van der Waals surface area contributed by atoms with E-state index < -0.39 is 0 Å². The maximum atomic E-state index is 12.5. The molecular formula is C23H20N2O4. The van der Waals surface area contributed by atoms with E-state index >= 15 is 0 Å². The van der Waals surface area contributed by atoms with Gasteiger partial charge in [-0.3, -0.25) is 14.2 Å². The fraction of sp³-hybridized carbons (Fsp3) is 0.261. The molecule has 6 heteroatoms. The first-order valence-electron chi connectivity index (χ1n) is 9.88. The van der Waals surface area contributed by atoms with Crippen LogP contribution in [-0.4, -0.2) is 15.5 Å². The Morgan fingerprint density at radius 3 is 2.90 bits per heavy atom. The van der Waals surface area contributed by atoms with E-state index in [2.05, 4.69) is 4.98 Å². The zero-order chi connectivity index (χ0) is 19.8. The predicted octanol–water partition coefficient (Wildman–Crippen LogP) is 4.02. The number of ether oxygens (including phenoxy) is 1. The Hall–Kier alpha value is -3.41. The summed E-state index contributed by atoms with van der Waals surface area (Å²) in [5, 5.41) is 1.57. The van der Waals surface area contributed by atoms with Crippen LogP contribution in [0, 0.1) is 0 Å². The molecule has 2 heterocycles. The summed E-state index contributed by atoms with van der Waals surface area (Å²) in [4.78, 5) is 29.1. The normalized spacial score (nSPS) is 13.5. The number of hydrogen-bond acceptors (Lipinski definition) is 5. The van der Waals surface area contributed by atoms with Gasteiger partial charge in [-0.15, -0.1) is 0 Å². The minimum atomic E-state index is -0.387. The van der Waals surface area contributed by atoms with Crippen LogP contribution in [0.25, 0.3) is 21.9 Å². The van der Waals surface area contributed by atoms with E-state index in [1.165, 1.54) is 16.5 Å². The lowest BCUT2D eigenvalue weighted by Gasteiger charge is -2.09. The van der Waals surface area contributed by atoms with Gasteiger partial charge in [0, 0.05) is 23.9 Å². The monoisotopic (exact) mass is 388 g/mol. The third-order valence-electron chi connectivity index (χ3n) is 5.45. The quantitative estimate of drug-likeness (QED) is 0.390. The van der Waals surface area contributed by atoms with E-state index in [0.717, 1.165) is 42.4 Å². The van der Waals surface area contributed by atoms with Gasteiger partial charge in [0.05, 0.1) is 23.7 Å². The molecule has 0 saturated heterocycles. The Balaban J connectivity index is 1.31. The molecule has 1 aliphatic carbocycles. The van der Waals surface area contributed by atoms with Gasteiger partial charge in [0.1, 0.15) is 17.1 Å². The molecule has 0 radical (unpaired) electrons. The number of para-hydroxylation sites is 1. The molecule has 0 fully saturated rings. The van der Waals surface area contributed by atoms with Crippen LogP contribution in [0.2, 0.25) is 0 Å². The summed E-state index contributed by atoms with van der Waals surface area (Å²) in [6.07, 6.45) is 5.83. The number of aromatic nitrogens is 2. The van der Waals surface area contributed by atoms with Crippen molar-refractivity contribution in [2.75, 3.05) is 0 Å². The zero-order valence-electron chi connectivity index (χ0n) is 15.9. The van der Waals surface area contributed by atoms with Crippen molar-refractivity contribution in [2.45, 2.75) is 38.6 Å². The van der Waals surface area contributed by atoms with Gasteiger partial charge in [0.2, 0.25) is 0 Å². The summed E-state index contributed by atoms with van der Waals surface area (Å²) in [7, 11) is 0. The molecule has 0 saturated carbocycles. The molecule has 2 aromatic carbocycles. The molecule has 4 aromatic rings. The van der Waals surface area contributed by atoms with Gasteiger partial charge in [0.25, 0.3) is 5.56 Å². The number of furan rings is 1. The lowest BCUT2D eigenvalue weighted by Crippen LogP contribution is -2.23. The minimum Gasteiger partial charge on any atom is -0.461 e. The van der Waals surface area contributed by atoms with E-state index in [-0.39, 0.29) is 24.5 Å². The summed E-state index contributed by atoms with van der Waals surface area (Å²) in [6.45, 7) is 0.221. The number of esters is 1. The Kier molecular flexibility index (Phi) is 4.39. The van der Waals surface area contributed by atoms with Crippen molar-refractivity contribution < 1.29 is 13.9 Å². The highest BCUT2D eigenvalue weighted by atomic mass is 16.5. The molecule has 0 unspecified atom stereocenters. The molecule has 6 nitrogen and oxygen atoms in total. The molecule has 2 aromatic heterocycles. The van der Waals surface area contributed by atoms with Crippen molar-refractivity contribution in [1.82, 2.24) is 9.55 Å². The Morgan fingerprint density at radius 2 is 1.97 bits per heavy atom. The second-order valence-electron chi connectivity index (χ2n) is 7.35. The van der Waals surface area contributed by atoms with Crippen molar-refractivity contribution in [2.24, 2.45) is 0 Å². The number of carbonyl (C=O) groups excluding carboxylic acids is 1. The van der Waals surface area contributed by atoms with Gasteiger partial charge in [-0.1, -0.05) is 12.1 Å². The second-order valence-corrected chi connectivity index (χ2v) is 7.35. The third kappa shape index (κ3) is 3.31. The van der Waals surface area contributed by atoms with E-state index in [0.29, 0.717) is 16.7 Å². The smallest absolute Gasteiger partial charge is 0.312 e. The maximum absolute atomic E-state index is 12.5. The number of nitrogens with zero attached hydrogens (tertiary/aromatic N) is 2. The molecule has 0 N–H and O–H groups in total. The van der Waals surface area contributed by atoms with Crippen LogP contribution >= 0.6 is 0 Å². The lowest BCUT2D eigenvalue weighted by molar-refractivity contribution is -0.134. The van der Waals surface area contributed by atoms with E-state index in [1.54, 1.807) is 24.3 Å². The summed E-state index contributed by atoms with van der Waals surface area (Å²) in [6, 6.07) is 12.6. The highest BCUT2D eigenvalue weighted by molar-refractivity contribution is 5.85. The van der Waals surface area contributed by atoms with Crippen molar-refractivity contribution in [3.8, 4) is 5.75 Å². The summed E-state index contributed by atoms with van der Waals surface area (Å²) in [5.41, 5.74) is 2.56. The van der Waals surface area contributed by atoms with E-state index in [4.69, 9.17) is 9.15 Å². The molecule has 29 heavy (non-hydrogen) atoms. The van der Waals surface area contributed by atoms with E-state index in [1.807, 2.05) is 18.2 Å². The first-order chi connectivity index (χ1) is 14.2. The SMILES string of the molecule is O=C(CCn1cnc2ccccc2c1=O)Oc1ccc2oc3c(c2c1)CCCC3. The Labute approximate surface area is 166 Å². The summed E-state index contributed by atoms with van der Waals surface area (Å²) >= 11 is 0. The Morgan fingerprint density at radius 1 is 1.10 bits per heavy atom. The molecule has 146 valence electrons. The van der Waals surface area contributed by atoms with Crippen LogP contribution < -0.4 is 10.3 Å². The molecule has 1 aliphatic rings. The van der Waals surface area contributed by atoms with Crippen LogP contribution in [-0.2, 0) is 24.2 Å². The largest absolute Gasteiger partial charge is 0.461 e. The van der Waals surface area contributed by atoms with Crippen LogP contribution in [0.1, 0.15) is 30.6 Å². The van der Waals surface area contributed by atoms with Gasteiger partial charge in [-0.2, -0.15) is 0 Å². The van der Waals surface area contributed by atoms with Crippen LogP contribution in [0.3, 0.4) is 0 Å². The van der Waals surface area contributed by atoms with Crippen LogP contribution in [0.4, 0.5) is 0 Å². The van der Waals surface area contributed by atoms with Gasteiger partial charge >= 0.3 is 5.97 Å². The Bertz CT molecular complexity index is 1290. The predicted molar refractivity (Wildman–Crippen MR) is 109 cm³/mol. The lowest BCUT2D eigenvalue weighted by atomic mass is 9.96. The first-order valence-corrected chi connectivity index (χ1v) is 9.88. The highest BCUT2D eigenvalue weighted by Gasteiger charge is 2.18. The maximum Gasteiger partial charge on any atom is 0.312 e. The summed E-state index contributed by atoms with van der Waals surface area (Å²) < 4.78 is 12.9. The number of rotatable bonds is 4. The first kappa shape index (κ1) is 17.7. The molecule has 0 aliphatic heterocycles. The fourth-order valence-corrected chi connectivity index (χ4v) is 3.96. The molecule has 0 amide bonds. The zero-order valence-corrected chi connectivity index (χ0v) is 15.9. The third-order valence-corrected chi connectivity index (χ3v) is 5.45. The van der Waals surface area contributed by atoms with E-state index in [9.17, 15) is 9.59 Å². The second kappa shape index (κ2) is 7.20. The van der Waals surface area contributed by atoms with Crippen molar-refractivity contribution in [3.63, 3.8) is 0 Å².